The van der Waals surface area contributed by atoms with Crippen molar-refractivity contribution in [3.63, 3.8) is 0 Å². The maximum atomic E-state index is 13.0. The molecule has 0 aliphatic carbocycles. The first-order valence-corrected chi connectivity index (χ1v) is 12.2. The van der Waals surface area contributed by atoms with E-state index >= 15 is 0 Å². The van der Waals surface area contributed by atoms with Gasteiger partial charge in [-0.15, -0.1) is 24.8 Å². The number of hydrogen-bond acceptors (Lipinski definition) is 4. The Bertz CT molecular complexity index is 1430. The highest BCUT2D eigenvalue weighted by Crippen LogP contribution is 2.42. The summed E-state index contributed by atoms with van der Waals surface area (Å²) >= 11 is 0. The van der Waals surface area contributed by atoms with E-state index in [0.717, 1.165) is 29.9 Å². The highest BCUT2D eigenvalue weighted by atomic mass is 35.5. The molecule has 0 saturated carbocycles. The van der Waals surface area contributed by atoms with E-state index in [1.165, 1.54) is 48.0 Å². The molecule has 0 N–H and O–H groups in total. The molecule has 36 heavy (non-hydrogen) atoms. The molecule has 0 radical (unpaired) electrons. The average Bonchev–Trinajstić information content (AvgIpc) is 3.15. The fourth-order valence-electron chi connectivity index (χ4n) is 5.68. The van der Waals surface area contributed by atoms with E-state index in [1.54, 1.807) is 23.0 Å². The van der Waals surface area contributed by atoms with E-state index < -0.39 is 0 Å². The zero-order chi connectivity index (χ0) is 23.2. The van der Waals surface area contributed by atoms with Crippen LogP contribution in [0.1, 0.15) is 47.8 Å². The Morgan fingerprint density at radius 2 is 1.92 bits per heavy atom. The Kier molecular flexibility index (Phi) is 7.79. The molecular weight excluding hydrogens is 495 g/mol. The van der Waals surface area contributed by atoms with Gasteiger partial charge in [0.2, 0.25) is 0 Å². The molecule has 1 atom stereocenters. The minimum Gasteiger partial charge on any atom is -0.489 e. The molecule has 6 nitrogen and oxygen atoms in total. The van der Waals surface area contributed by atoms with Gasteiger partial charge in [-0.1, -0.05) is 18.6 Å². The van der Waals surface area contributed by atoms with Gasteiger partial charge in [-0.05, 0) is 56.1 Å². The Morgan fingerprint density at radius 3 is 2.69 bits per heavy atom. The van der Waals surface area contributed by atoms with Crippen LogP contribution in [-0.4, -0.2) is 32.1 Å². The van der Waals surface area contributed by atoms with Crippen molar-refractivity contribution >= 4 is 35.7 Å². The molecule has 1 aromatic carbocycles. The van der Waals surface area contributed by atoms with Crippen molar-refractivity contribution in [3.8, 4) is 11.4 Å². The van der Waals surface area contributed by atoms with Gasteiger partial charge in [0.25, 0.3) is 5.56 Å². The van der Waals surface area contributed by atoms with Crippen LogP contribution in [-0.2, 0) is 20.1 Å². The lowest BCUT2D eigenvalue weighted by Crippen LogP contribution is -2.38. The summed E-state index contributed by atoms with van der Waals surface area (Å²) in [5, 5.41) is 1.33. The summed E-state index contributed by atoms with van der Waals surface area (Å²) in [7, 11) is 2.17. The van der Waals surface area contributed by atoms with Crippen LogP contribution < -0.4 is 10.3 Å². The number of rotatable bonds is 4. The smallest absolute Gasteiger partial charge is 0.258 e. The van der Waals surface area contributed by atoms with Crippen LogP contribution in [0.15, 0.2) is 59.7 Å². The van der Waals surface area contributed by atoms with Gasteiger partial charge in [0.15, 0.2) is 0 Å². The Labute approximate surface area is 223 Å². The maximum absolute atomic E-state index is 13.0. The molecule has 8 heteroatoms. The highest BCUT2D eigenvalue weighted by Gasteiger charge is 2.33. The summed E-state index contributed by atoms with van der Waals surface area (Å²) in [6, 6.07) is 14.3. The molecule has 0 spiro atoms. The second-order valence-electron chi connectivity index (χ2n) is 9.59. The van der Waals surface area contributed by atoms with Gasteiger partial charge < -0.3 is 9.30 Å². The molecule has 5 heterocycles. The van der Waals surface area contributed by atoms with Crippen molar-refractivity contribution in [3.05, 3.63) is 87.7 Å². The maximum Gasteiger partial charge on any atom is 0.258 e. The molecule has 0 amide bonds. The SMILES string of the molecule is Cc1ccc(COc2ccn(-c3ccc4c5c(n(C)c4c3)CCN3CCCCC53)c(=O)c2)cn1.Cl.Cl. The Morgan fingerprint density at radius 1 is 1.06 bits per heavy atom. The lowest BCUT2D eigenvalue weighted by molar-refractivity contribution is 0.138. The lowest BCUT2D eigenvalue weighted by atomic mass is 9.89. The normalized spacial score (nSPS) is 17.0. The number of nitrogens with zero attached hydrogens (tertiary/aromatic N) is 4. The zero-order valence-electron chi connectivity index (χ0n) is 20.6. The van der Waals surface area contributed by atoms with Gasteiger partial charge in [0, 0.05) is 66.9 Å². The van der Waals surface area contributed by atoms with Crippen LogP contribution in [0.2, 0.25) is 0 Å². The third kappa shape index (κ3) is 4.65. The topological polar surface area (TPSA) is 52.3 Å². The first-order chi connectivity index (χ1) is 16.6. The predicted octanol–water partition coefficient (Wildman–Crippen LogP) is 5.54. The van der Waals surface area contributed by atoms with Gasteiger partial charge in [-0.2, -0.15) is 0 Å². The van der Waals surface area contributed by atoms with Crippen LogP contribution in [0.3, 0.4) is 0 Å². The van der Waals surface area contributed by atoms with E-state index in [4.69, 9.17) is 4.74 Å². The number of ether oxygens (including phenoxy) is 1. The number of aromatic nitrogens is 3. The molecule has 1 unspecified atom stereocenters. The Hall–Kier alpha value is -2.80. The van der Waals surface area contributed by atoms with Crippen LogP contribution in [0.4, 0.5) is 0 Å². The summed E-state index contributed by atoms with van der Waals surface area (Å²) in [4.78, 5) is 19.9. The summed E-state index contributed by atoms with van der Waals surface area (Å²) in [6.45, 7) is 4.70. The van der Waals surface area contributed by atoms with E-state index in [2.05, 4.69) is 39.7 Å². The number of aryl methyl sites for hydroxylation is 2. The second kappa shape index (κ2) is 10.7. The monoisotopic (exact) mass is 526 g/mol. The number of pyridine rings is 2. The molecule has 2 aliphatic rings. The minimum absolute atomic E-state index is 0. The van der Waals surface area contributed by atoms with E-state index in [9.17, 15) is 4.79 Å². The van der Waals surface area contributed by atoms with Crippen LogP contribution in [0.25, 0.3) is 16.6 Å². The van der Waals surface area contributed by atoms with E-state index in [1.807, 2.05) is 25.1 Å². The first kappa shape index (κ1) is 26.3. The van der Waals surface area contributed by atoms with Gasteiger partial charge >= 0.3 is 0 Å². The van der Waals surface area contributed by atoms with Crippen LogP contribution in [0.5, 0.6) is 5.75 Å². The molecule has 1 fully saturated rings. The third-order valence-corrected chi connectivity index (χ3v) is 7.48. The van der Waals surface area contributed by atoms with Crippen molar-refractivity contribution < 1.29 is 4.74 Å². The van der Waals surface area contributed by atoms with Crippen molar-refractivity contribution in [1.29, 1.82) is 0 Å². The van der Waals surface area contributed by atoms with Crippen LogP contribution in [0, 0.1) is 6.92 Å². The summed E-state index contributed by atoms with van der Waals surface area (Å²) in [5.41, 5.74) is 6.90. The number of fused-ring (bicyclic) bond motifs is 5. The van der Waals surface area contributed by atoms with Crippen molar-refractivity contribution in [2.75, 3.05) is 13.1 Å². The Balaban J connectivity index is 0.00000152. The molecule has 0 bridgehead atoms. The number of hydrogen-bond donors (Lipinski definition) is 0. The molecular formula is C28H32Cl2N4O2. The van der Waals surface area contributed by atoms with E-state index in [-0.39, 0.29) is 30.4 Å². The zero-order valence-corrected chi connectivity index (χ0v) is 22.3. The van der Waals surface area contributed by atoms with Crippen molar-refractivity contribution in [1.82, 2.24) is 19.0 Å². The largest absolute Gasteiger partial charge is 0.489 e. The molecule has 2 aliphatic heterocycles. The standard InChI is InChI=1S/C28H30N4O2.2ClH/c1-19-6-7-20(17-29-19)18-34-22-10-14-32(27(33)16-22)21-8-9-23-26(15-21)30(2)24-11-13-31-12-4-3-5-25(31)28(23)24;;/h6-10,14-17,25H,3-5,11-13,18H2,1-2H3;2*1H. The summed E-state index contributed by atoms with van der Waals surface area (Å²) < 4.78 is 9.87. The summed E-state index contributed by atoms with van der Waals surface area (Å²) in [6.07, 6.45) is 8.56. The van der Waals surface area contributed by atoms with Gasteiger partial charge in [0.1, 0.15) is 12.4 Å². The number of halogens is 2. The molecule has 190 valence electrons. The quantitative estimate of drug-likeness (QED) is 0.350. The minimum atomic E-state index is -0.101. The number of piperidine rings is 1. The van der Waals surface area contributed by atoms with Gasteiger partial charge in [0.05, 0.1) is 11.2 Å². The van der Waals surface area contributed by atoms with Gasteiger partial charge in [-0.25, -0.2) is 0 Å². The molecule has 3 aromatic heterocycles. The first-order valence-electron chi connectivity index (χ1n) is 12.2. The van der Waals surface area contributed by atoms with Gasteiger partial charge in [-0.3, -0.25) is 19.2 Å². The predicted molar refractivity (Wildman–Crippen MR) is 148 cm³/mol. The average molecular weight is 527 g/mol. The molecule has 1 saturated heterocycles. The fraction of sp³-hybridized carbons (Fsp3) is 0.357. The molecule has 4 aromatic rings. The summed E-state index contributed by atoms with van der Waals surface area (Å²) in [5.74, 6) is 0.564. The number of benzene rings is 1. The lowest BCUT2D eigenvalue weighted by Gasteiger charge is -2.39. The fourth-order valence-corrected chi connectivity index (χ4v) is 5.68. The third-order valence-electron chi connectivity index (χ3n) is 7.48. The van der Waals surface area contributed by atoms with Crippen molar-refractivity contribution in [2.24, 2.45) is 7.05 Å². The highest BCUT2D eigenvalue weighted by molar-refractivity contribution is 5.88. The second-order valence-corrected chi connectivity index (χ2v) is 9.59. The van der Waals surface area contributed by atoms with E-state index in [0.29, 0.717) is 18.4 Å². The molecule has 6 rings (SSSR count). The van der Waals surface area contributed by atoms with Crippen molar-refractivity contribution in [2.45, 2.75) is 45.3 Å². The van der Waals surface area contributed by atoms with Crippen LogP contribution >= 0.6 is 24.8 Å².